The summed E-state index contributed by atoms with van der Waals surface area (Å²) in [6.45, 7) is 5.27. The summed E-state index contributed by atoms with van der Waals surface area (Å²) in [6.07, 6.45) is -3.39. The standard InChI is InChI=1S/C16H19N3O5S.C6H9N3O3.2C6H8O7.3Zn/c1-16(2)11(15(23)24)19-13(22)10(14(19)25-16)18-12(21)9(17)7-3-5-8(20)6-4-7;1-5-7-4-6(9(11)12)8(5)2-3-10;2*7-3(8)1-6(13,5(11)12)2-4(9)10;;;/h3-6,9-11,14,20H,17H2,1-2H3,(H,18,21)(H,23,24);4,10H,2-3H2,1H3;2*13H,1-2H2,(H,7,8)(H,9,10)(H,11,12);;;/t9-,10-,11+,14-;;;;;;/m1....../s1. The van der Waals surface area contributed by atoms with Crippen molar-refractivity contribution in [2.45, 2.75) is 92.4 Å². The number of carboxylic acids is 7. The molecular formula is C34H44N6O22SZn3. The van der Waals surface area contributed by atoms with Crippen LogP contribution in [0.15, 0.2) is 30.5 Å². The number of rotatable bonds is 17. The number of β-lactam (4-membered cyclic amide) rings is 1. The van der Waals surface area contributed by atoms with Crippen molar-refractivity contribution in [1.29, 1.82) is 0 Å². The van der Waals surface area contributed by atoms with Gasteiger partial charge in [-0.1, -0.05) is 12.1 Å². The Morgan fingerprint density at radius 2 is 1.26 bits per heavy atom. The van der Waals surface area contributed by atoms with E-state index in [9.17, 15) is 63.5 Å². The number of carboxylic acid groups (broad SMARTS) is 7. The Bertz CT molecular complexity index is 2010. The Kier molecular flexibility index (Phi) is 27.2. The summed E-state index contributed by atoms with van der Waals surface area (Å²) in [5.41, 5.74) is 0.932. The predicted molar refractivity (Wildman–Crippen MR) is 206 cm³/mol. The van der Waals surface area contributed by atoms with Crippen molar-refractivity contribution in [1.82, 2.24) is 19.8 Å². The SMILES string of the molecule is CC1(C)S[C@@H]2[C@H](NC(=O)[C@H](N)c3ccc(O)cc3)C(=O)N2[C@H]1C(=O)O.Cc1ncc([N+](=O)[O-])n1CCO.O=C(O)CC(O)(CC(=O)O)C(=O)O.O=C(O)CC(O)(CC(=O)O)C(=O)O.[Zn].[Zn].[Zn]. The number of nitrogens with one attached hydrogen (secondary N) is 1. The van der Waals surface area contributed by atoms with Crippen molar-refractivity contribution in [2.75, 3.05) is 6.61 Å². The first kappa shape index (κ1) is 65.2. The number of amides is 2. The van der Waals surface area contributed by atoms with Gasteiger partial charge < -0.3 is 82.2 Å². The van der Waals surface area contributed by atoms with Crippen LogP contribution in [0, 0.1) is 17.0 Å². The molecule has 2 aromatic rings. The number of nitro groups is 1. The van der Waals surface area contributed by atoms with Crippen molar-refractivity contribution in [3.63, 3.8) is 0 Å². The molecule has 66 heavy (non-hydrogen) atoms. The zero-order valence-corrected chi connectivity index (χ0v) is 45.0. The third kappa shape index (κ3) is 18.3. The summed E-state index contributed by atoms with van der Waals surface area (Å²) in [7, 11) is 0. The molecule has 0 aliphatic carbocycles. The number of thioether (sulfide) groups is 1. The Balaban J connectivity index is -0.000000840. The number of aromatic nitrogens is 2. The number of carbonyl (C=O) groups excluding carboxylic acids is 2. The number of fused-ring (bicyclic) bond motifs is 1. The fourth-order valence-corrected chi connectivity index (χ4v) is 7.25. The summed E-state index contributed by atoms with van der Waals surface area (Å²) < 4.78 is 0.713. The van der Waals surface area contributed by atoms with Gasteiger partial charge in [0.25, 0.3) is 0 Å². The molecule has 2 amide bonds. The van der Waals surface area contributed by atoms with E-state index < -0.39 is 124 Å². The van der Waals surface area contributed by atoms with E-state index in [1.54, 1.807) is 20.8 Å². The first-order valence-corrected chi connectivity index (χ1v) is 18.4. The number of phenolic OH excluding ortho intramolecular Hbond substituents is 1. The van der Waals surface area contributed by atoms with Gasteiger partial charge in [0.05, 0.1) is 32.3 Å². The largest absolute Gasteiger partial charge is 0.508 e. The average molecular weight is 1120 g/mol. The van der Waals surface area contributed by atoms with Crippen LogP contribution in [0.5, 0.6) is 5.75 Å². The molecule has 2 fully saturated rings. The molecule has 4 rings (SSSR count). The van der Waals surface area contributed by atoms with Crippen LogP contribution in [-0.2, 0) is 108 Å². The van der Waals surface area contributed by atoms with E-state index in [0.717, 1.165) is 0 Å². The molecule has 354 valence electrons. The smallest absolute Gasteiger partial charge is 0.342 e. The summed E-state index contributed by atoms with van der Waals surface area (Å²) >= 11 is 1.35. The minimum atomic E-state index is -2.74. The molecule has 2 saturated heterocycles. The third-order valence-corrected chi connectivity index (χ3v) is 10.2. The zero-order valence-electron chi connectivity index (χ0n) is 35.2. The second-order valence-electron chi connectivity index (χ2n) is 13.9. The molecule has 0 saturated carbocycles. The molecule has 0 unspecified atom stereocenters. The van der Waals surface area contributed by atoms with Crippen molar-refractivity contribution >= 4 is 71.2 Å². The number of aliphatic hydroxyl groups excluding tert-OH is 1. The molecule has 0 spiro atoms. The van der Waals surface area contributed by atoms with Gasteiger partial charge in [0.2, 0.25) is 11.8 Å². The van der Waals surface area contributed by atoms with Crippen molar-refractivity contribution in [3.8, 4) is 5.75 Å². The van der Waals surface area contributed by atoms with E-state index in [1.807, 2.05) is 0 Å². The molecule has 1 aromatic heterocycles. The van der Waals surface area contributed by atoms with Gasteiger partial charge in [0, 0.05) is 70.1 Å². The van der Waals surface area contributed by atoms with Gasteiger partial charge in [-0.25, -0.2) is 23.9 Å². The van der Waals surface area contributed by atoms with Gasteiger partial charge in [-0.05, 0) is 36.5 Å². The van der Waals surface area contributed by atoms with Crippen LogP contribution in [0.25, 0.3) is 0 Å². The van der Waals surface area contributed by atoms with Crippen LogP contribution >= 0.6 is 11.8 Å². The van der Waals surface area contributed by atoms with E-state index in [1.165, 1.54) is 51.7 Å². The summed E-state index contributed by atoms with van der Waals surface area (Å²) in [5.74, 6) is -11.5. The number of nitrogens with zero attached hydrogens (tertiary/aromatic N) is 4. The van der Waals surface area contributed by atoms with Gasteiger partial charge in [-0.2, -0.15) is 0 Å². The van der Waals surface area contributed by atoms with Crippen LogP contribution in [0.2, 0.25) is 0 Å². The van der Waals surface area contributed by atoms with Crippen molar-refractivity contribution in [3.05, 3.63) is 52.0 Å². The molecule has 4 atom stereocenters. The predicted octanol–water partition coefficient (Wildman–Crippen LogP) is -2.39. The van der Waals surface area contributed by atoms with Crippen LogP contribution in [0.4, 0.5) is 5.82 Å². The number of aromatic hydroxyl groups is 1. The van der Waals surface area contributed by atoms with Crippen LogP contribution in [-0.4, -0.2) is 169 Å². The van der Waals surface area contributed by atoms with Gasteiger partial charge in [0.15, 0.2) is 17.0 Å². The van der Waals surface area contributed by atoms with Crippen LogP contribution in [0.1, 0.15) is 57.0 Å². The Morgan fingerprint density at radius 1 is 0.848 bits per heavy atom. The summed E-state index contributed by atoms with van der Waals surface area (Å²) in [6, 6.07) is 3.21. The number of aliphatic hydroxyl groups is 3. The maximum Gasteiger partial charge on any atom is 0.342 e. The number of aryl methyl sites for hydroxylation is 1. The number of hydrogen-bond donors (Lipinski definition) is 13. The molecule has 0 radical (unpaired) electrons. The summed E-state index contributed by atoms with van der Waals surface area (Å²) in [5, 5.41) is 107. The molecule has 14 N–H and O–H groups in total. The molecule has 2 aliphatic heterocycles. The second kappa shape index (κ2) is 27.5. The maximum atomic E-state index is 12.3. The monoisotopic (exact) mass is 1110 g/mol. The van der Waals surface area contributed by atoms with E-state index in [4.69, 9.17) is 51.7 Å². The minimum absolute atomic E-state index is 0. The quantitative estimate of drug-likeness (QED) is 0.0340. The number of benzene rings is 1. The molecule has 2 aliphatic rings. The van der Waals surface area contributed by atoms with E-state index in [-0.39, 0.29) is 83.2 Å². The normalized spacial score (nSPS) is 16.7. The van der Waals surface area contributed by atoms with E-state index >= 15 is 0 Å². The minimum Gasteiger partial charge on any atom is -0.508 e. The Labute approximate surface area is 414 Å². The Morgan fingerprint density at radius 3 is 1.59 bits per heavy atom. The van der Waals surface area contributed by atoms with E-state index in [0.29, 0.717) is 11.4 Å². The van der Waals surface area contributed by atoms with Gasteiger partial charge in [-0.3, -0.25) is 28.8 Å². The molecule has 1 aromatic carbocycles. The number of hydrogen-bond acceptors (Lipinski definition) is 18. The topological polar surface area (TPSA) is 478 Å². The number of carbonyl (C=O) groups is 9. The summed E-state index contributed by atoms with van der Waals surface area (Å²) in [4.78, 5) is 112. The number of aliphatic carboxylic acids is 7. The number of imidazole rings is 1. The molecule has 0 bridgehead atoms. The van der Waals surface area contributed by atoms with Crippen LogP contribution < -0.4 is 11.1 Å². The molecule has 32 heteroatoms. The van der Waals surface area contributed by atoms with E-state index in [2.05, 4.69) is 10.3 Å². The van der Waals surface area contributed by atoms with Gasteiger partial charge in [0.1, 0.15) is 42.0 Å². The van der Waals surface area contributed by atoms with Crippen molar-refractivity contribution in [2.24, 2.45) is 5.73 Å². The number of nitrogens with two attached hydrogens (primary N) is 1. The number of phenols is 1. The molecule has 3 heterocycles. The zero-order chi connectivity index (χ0) is 48.9. The fraction of sp³-hybridized carbons (Fsp3) is 0.471. The first-order valence-electron chi connectivity index (χ1n) is 17.5. The van der Waals surface area contributed by atoms with Gasteiger partial charge in [-0.15, -0.1) is 11.8 Å². The first-order chi connectivity index (χ1) is 28.8. The average Bonchev–Trinajstić information content (AvgIpc) is 3.63. The molecule has 28 nitrogen and oxygen atoms in total. The fourth-order valence-electron chi connectivity index (χ4n) is 5.63. The van der Waals surface area contributed by atoms with Gasteiger partial charge >= 0.3 is 47.6 Å². The maximum absolute atomic E-state index is 12.3. The molecular weight excluding hydrogens is 1070 g/mol. The van der Waals surface area contributed by atoms with Crippen molar-refractivity contribution < 1.29 is 163 Å². The second-order valence-corrected chi connectivity index (χ2v) is 15.7. The Hall–Kier alpha value is -5.08. The van der Waals surface area contributed by atoms with Crippen LogP contribution in [0.3, 0.4) is 0 Å². The third-order valence-electron chi connectivity index (χ3n) is 8.62.